The summed E-state index contributed by atoms with van der Waals surface area (Å²) in [5.74, 6) is 0.721. The van der Waals surface area contributed by atoms with Crippen LogP contribution in [0.3, 0.4) is 0 Å². The van der Waals surface area contributed by atoms with Crippen LogP contribution in [0.25, 0.3) is 0 Å². The van der Waals surface area contributed by atoms with E-state index in [-0.39, 0.29) is 17.2 Å². The molecule has 0 saturated heterocycles. The molecule has 0 spiro atoms. The van der Waals surface area contributed by atoms with Crippen LogP contribution in [0.1, 0.15) is 55.4 Å². The molecule has 0 saturated carbocycles. The smallest absolute Gasteiger partial charge is 0.264 e. The molecule has 1 rings (SSSR count). The van der Waals surface area contributed by atoms with E-state index in [1.165, 1.54) is 0 Å². The first-order valence-electron chi connectivity index (χ1n) is 6.04. The molecule has 0 fully saturated rings. The predicted octanol–water partition coefficient (Wildman–Crippen LogP) is 3.05. The van der Waals surface area contributed by atoms with Gasteiger partial charge in [0.25, 0.3) is 5.91 Å². The molecule has 0 aliphatic rings. The summed E-state index contributed by atoms with van der Waals surface area (Å²) in [5, 5.41) is 6.94. The summed E-state index contributed by atoms with van der Waals surface area (Å²) in [5.41, 5.74) is 0.778. The highest BCUT2D eigenvalue weighted by molar-refractivity contribution is 7.08. The number of amides is 1. The molecule has 0 aliphatic heterocycles. The van der Waals surface area contributed by atoms with Gasteiger partial charge in [-0.15, -0.1) is 16.7 Å². The van der Waals surface area contributed by atoms with Crippen LogP contribution < -0.4 is 5.32 Å². The van der Waals surface area contributed by atoms with E-state index in [9.17, 15) is 4.79 Å². The maximum Gasteiger partial charge on any atom is 0.264 e. The number of halogens is 1. The Bertz CT molecular complexity index is 404. The minimum absolute atomic E-state index is 0.00746. The summed E-state index contributed by atoms with van der Waals surface area (Å²) in [6.45, 7) is 8.79. The average Bonchev–Trinajstić information content (AvgIpc) is 2.74. The highest BCUT2D eigenvalue weighted by Gasteiger charge is 2.22. The van der Waals surface area contributed by atoms with Gasteiger partial charge in [0.2, 0.25) is 0 Å². The Labute approximate surface area is 117 Å². The number of hydrogen-bond donors (Lipinski definition) is 1. The van der Waals surface area contributed by atoms with Gasteiger partial charge in [0.05, 0.1) is 5.69 Å². The predicted molar refractivity (Wildman–Crippen MR) is 75.4 cm³/mol. The van der Waals surface area contributed by atoms with Gasteiger partial charge in [-0.05, 0) is 29.3 Å². The molecule has 0 unspecified atom stereocenters. The molecule has 0 bridgehead atoms. The summed E-state index contributed by atoms with van der Waals surface area (Å²) >= 11 is 6.89. The van der Waals surface area contributed by atoms with Crippen molar-refractivity contribution in [3.63, 3.8) is 0 Å². The topological polar surface area (TPSA) is 54.9 Å². The van der Waals surface area contributed by atoms with Crippen molar-refractivity contribution in [1.29, 1.82) is 0 Å². The standard InChI is InChI=1S/C12H20ClN3OS/c1-8(2)9-10(18-16-15-9)11(17)14-7-12(3,4)5-6-13/h8H,5-7H2,1-4H3,(H,14,17). The summed E-state index contributed by atoms with van der Waals surface area (Å²) in [6, 6.07) is 0. The van der Waals surface area contributed by atoms with Gasteiger partial charge in [0.1, 0.15) is 4.88 Å². The van der Waals surface area contributed by atoms with Gasteiger partial charge in [0.15, 0.2) is 0 Å². The number of rotatable bonds is 6. The monoisotopic (exact) mass is 289 g/mol. The normalized spacial score (nSPS) is 11.9. The number of alkyl halides is 1. The Hall–Kier alpha value is -0.680. The Morgan fingerprint density at radius 2 is 2.17 bits per heavy atom. The van der Waals surface area contributed by atoms with Crippen LogP contribution in [0.15, 0.2) is 0 Å². The van der Waals surface area contributed by atoms with E-state index < -0.39 is 0 Å². The van der Waals surface area contributed by atoms with Crippen LogP contribution in [0.2, 0.25) is 0 Å². The van der Waals surface area contributed by atoms with Crippen molar-refractivity contribution in [3.8, 4) is 0 Å². The van der Waals surface area contributed by atoms with Crippen molar-refractivity contribution in [2.24, 2.45) is 5.41 Å². The zero-order valence-electron chi connectivity index (χ0n) is 11.3. The lowest BCUT2D eigenvalue weighted by atomic mass is 9.90. The average molecular weight is 290 g/mol. The van der Waals surface area contributed by atoms with Gasteiger partial charge in [-0.3, -0.25) is 4.79 Å². The van der Waals surface area contributed by atoms with Crippen LogP contribution in [0, 0.1) is 5.41 Å². The van der Waals surface area contributed by atoms with Gasteiger partial charge < -0.3 is 5.32 Å². The number of carbonyl (C=O) groups is 1. The highest BCUT2D eigenvalue weighted by Crippen LogP contribution is 2.22. The van der Waals surface area contributed by atoms with Gasteiger partial charge in [-0.1, -0.05) is 32.2 Å². The van der Waals surface area contributed by atoms with E-state index in [1.807, 2.05) is 13.8 Å². The molecule has 102 valence electrons. The second-order valence-electron chi connectivity index (χ2n) is 5.43. The van der Waals surface area contributed by atoms with Crippen LogP contribution in [-0.4, -0.2) is 27.9 Å². The number of nitrogens with one attached hydrogen (secondary N) is 1. The van der Waals surface area contributed by atoms with Crippen molar-refractivity contribution >= 4 is 29.0 Å². The van der Waals surface area contributed by atoms with Crippen LogP contribution in [0.5, 0.6) is 0 Å². The zero-order chi connectivity index (χ0) is 13.8. The third-order valence-corrected chi connectivity index (χ3v) is 3.69. The summed E-state index contributed by atoms with van der Waals surface area (Å²) in [6.07, 6.45) is 0.868. The van der Waals surface area contributed by atoms with Crippen molar-refractivity contribution in [2.75, 3.05) is 12.4 Å². The number of nitrogens with zero attached hydrogens (tertiary/aromatic N) is 2. The van der Waals surface area contributed by atoms with E-state index in [4.69, 9.17) is 11.6 Å². The maximum absolute atomic E-state index is 12.1. The maximum atomic E-state index is 12.1. The fourth-order valence-electron chi connectivity index (χ4n) is 1.48. The molecule has 1 aromatic rings. The zero-order valence-corrected chi connectivity index (χ0v) is 12.9. The molecule has 18 heavy (non-hydrogen) atoms. The van der Waals surface area contributed by atoms with Crippen molar-refractivity contribution < 1.29 is 4.79 Å². The fraction of sp³-hybridized carbons (Fsp3) is 0.750. The van der Waals surface area contributed by atoms with Crippen LogP contribution >= 0.6 is 23.1 Å². The Morgan fingerprint density at radius 1 is 1.50 bits per heavy atom. The fourth-order valence-corrected chi connectivity index (χ4v) is 2.72. The summed E-state index contributed by atoms with van der Waals surface area (Å²) < 4.78 is 3.85. The second kappa shape index (κ2) is 6.48. The minimum atomic E-state index is -0.0867. The van der Waals surface area contributed by atoms with Gasteiger partial charge in [-0.25, -0.2) is 0 Å². The summed E-state index contributed by atoms with van der Waals surface area (Å²) in [7, 11) is 0. The molecule has 0 aromatic carbocycles. The van der Waals surface area contributed by atoms with E-state index in [2.05, 4.69) is 28.8 Å². The summed E-state index contributed by atoms with van der Waals surface area (Å²) in [4.78, 5) is 12.7. The third kappa shape index (κ3) is 4.21. The molecule has 0 atom stereocenters. The first-order valence-corrected chi connectivity index (χ1v) is 7.34. The van der Waals surface area contributed by atoms with Crippen molar-refractivity contribution in [3.05, 3.63) is 10.6 Å². The molecule has 1 N–H and O–H groups in total. The van der Waals surface area contributed by atoms with E-state index >= 15 is 0 Å². The molecular formula is C12H20ClN3OS. The van der Waals surface area contributed by atoms with Crippen LogP contribution in [-0.2, 0) is 0 Å². The number of aromatic nitrogens is 2. The molecular weight excluding hydrogens is 270 g/mol. The van der Waals surface area contributed by atoms with Crippen molar-refractivity contribution in [1.82, 2.24) is 14.9 Å². The molecule has 4 nitrogen and oxygen atoms in total. The molecule has 6 heteroatoms. The third-order valence-electron chi connectivity index (χ3n) is 2.77. The lowest BCUT2D eigenvalue weighted by Crippen LogP contribution is -2.34. The van der Waals surface area contributed by atoms with Gasteiger partial charge >= 0.3 is 0 Å². The highest BCUT2D eigenvalue weighted by atomic mass is 35.5. The van der Waals surface area contributed by atoms with Gasteiger partial charge in [-0.2, -0.15) is 0 Å². The van der Waals surface area contributed by atoms with Crippen molar-refractivity contribution in [2.45, 2.75) is 40.0 Å². The second-order valence-corrected chi connectivity index (χ2v) is 6.56. The van der Waals surface area contributed by atoms with Crippen LogP contribution in [0.4, 0.5) is 0 Å². The molecule has 0 aliphatic carbocycles. The molecule has 1 aromatic heterocycles. The Kier molecular flexibility index (Phi) is 5.53. The quantitative estimate of drug-likeness (QED) is 0.819. The lowest BCUT2D eigenvalue weighted by molar-refractivity contribution is 0.0938. The largest absolute Gasteiger partial charge is 0.351 e. The van der Waals surface area contributed by atoms with E-state index in [0.29, 0.717) is 17.3 Å². The first kappa shape index (κ1) is 15.4. The van der Waals surface area contributed by atoms with Gasteiger partial charge in [0, 0.05) is 12.4 Å². The van der Waals surface area contributed by atoms with E-state index in [0.717, 1.165) is 23.6 Å². The first-order chi connectivity index (χ1) is 8.37. The Balaban J connectivity index is 2.63. The molecule has 1 amide bonds. The lowest BCUT2D eigenvalue weighted by Gasteiger charge is -2.23. The van der Waals surface area contributed by atoms with E-state index in [1.54, 1.807) is 0 Å². The number of carbonyl (C=O) groups excluding carboxylic acids is 1. The number of hydrogen-bond acceptors (Lipinski definition) is 4. The minimum Gasteiger partial charge on any atom is -0.351 e. The molecule has 1 heterocycles. The molecule has 0 radical (unpaired) electrons. The SMILES string of the molecule is CC(C)c1nnsc1C(=O)NCC(C)(C)CCCl. The Morgan fingerprint density at radius 3 is 2.72 bits per heavy atom.